The summed E-state index contributed by atoms with van der Waals surface area (Å²) in [4.78, 5) is 27.9. The van der Waals surface area contributed by atoms with E-state index in [1.165, 1.54) is 6.21 Å². The fourth-order valence-electron chi connectivity index (χ4n) is 3.50. The summed E-state index contributed by atoms with van der Waals surface area (Å²) < 4.78 is 5.76. The lowest BCUT2D eigenvalue weighted by molar-refractivity contribution is -0.117. The molecule has 0 aliphatic heterocycles. The number of benzene rings is 3. The zero-order valence-electron chi connectivity index (χ0n) is 20.9. The van der Waals surface area contributed by atoms with Crippen LogP contribution >= 0.6 is 34.8 Å². The number of hydrogen-bond donors (Lipinski definition) is 2. The first kappa shape index (κ1) is 28.0. The molecule has 0 radical (unpaired) electrons. The number of halogens is 3. The lowest BCUT2D eigenvalue weighted by Crippen LogP contribution is -2.33. The van der Waals surface area contributed by atoms with Crippen LogP contribution in [0.3, 0.4) is 0 Å². The fourth-order valence-corrected chi connectivity index (χ4v) is 4.10. The average molecular weight is 582 g/mol. The number of carbonyl (C=O) groups excluding carboxylic acids is 2. The molecule has 4 rings (SSSR count). The van der Waals surface area contributed by atoms with Crippen molar-refractivity contribution < 1.29 is 14.0 Å². The van der Waals surface area contributed by atoms with E-state index in [1.54, 1.807) is 60.7 Å². The lowest BCUT2D eigenvalue weighted by atomic mass is 10.1. The molecule has 198 valence electrons. The van der Waals surface area contributed by atoms with Gasteiger partial charge in [-0.05, 0) is 66.2 Å². The quantitative estimate of drug-likeness (QED) is 0.135. The van der Waals surface area contributed by atoms with Gasteiger partial charge < -0.3 is 14.6 Å². The predicted octanol–water partition coefficient (Wildman–Crippen LogP) is 6.89. The molecule has 2 amide bonds. The third-order valence-corrected chi connectivity index (χ3v) is 6.40. The Hall–Kier alpha value is -4.04. The minimum atomic E-state index is -0.645. The van der Waals surface area contributed by atoms with E-state index in [1.807, 2.05) is 43.3 Å². The largest absolute Gasteiger partial charge is 0.455 e. The number of rotatable bonds is 8. The number of amides is 2. The number of anilines is 1. The van der Waals surface area contributed by atoms with Gasteiger partial charge in [-0.15, -0.1) is 0 Å². The number of furan rings is 1. The van der Waals surface area contributed by atoms with E-state index in [4.69, 9.17) is 39.2 Å². The maximum atomic E-state index is 13.1. The minimum absolute atomic E-state index is 0.0273. The standard InChI is InChI=1S/C29H23Cl3N4O3/c1-36(2)20-10-7-18(8-11-20)15-26(34-28(37)22-5-3-4-6-24(22)31)29(38)35-33-17-21-12-14-27(39-21)23-16-19(30)9-13-25(23)32/h3-17H,1-2H3,(H,34,37)(H,35,38). The predicted molar refractivity (Wildman–Crippen MR) is 158 cm³/mol. The molecule has 2 N–H and O–H groups in total. The molecule has 10 heteroatoms. The summed E-state index contributed by atoms with van der Waals surface area (Å²) in [5.41, 5.74) is 4.93. The first-order valence-electron chi connectivity index (χ1n) is 11.6. The van der Waals surface area contributed by atoms with Crippen LogP contribution in [0.25, 0.3) is 17.4 Å². The zero-order valence-corrected chi connectivity index (χ0v) is 23.2. The number of hydrogen-bond acceptors (Lipinski definition) is 5. The van der Waals surface area contributed by atoms with E-state index >= 15 is 0 Å². The Morgan fingerprint density at radius 2 is 1.64 bits per heavy atom. The molecule has 4 aromatic rings. The van der Waals surface area contributed by atoms with Crippen molar-refractivity contribution in [2.45, 2.75) is 0 Å². The molecule has 0 saturated carbocycles. The van der Waals surface area contributed by atoms with Crippen LogP contribution in [0.2, 0.25) is 15.1 Å². The van der Waals surface area contributed by atoms with Crippen LogP contribution in [0.4, 0.5) is 5.69 Å². The van der Waals surface area contributed by atoms with Gasteiger partial charge in [-0.2, -0.15) is 5.10 Å². The number of carbonyl (C=O) groups is 2. The van der Waals surface area contributed by atoms with Crippen molar-refractivity contribution in [1.82, 2.24) is 10.7 Å². The highest BCUT2D eigenvalue weighted by Crippen LogP contribution is 2.31. The monoisotopic (exact) mass is 580 g/mol. The Balaban J connectivity index is 1.53. The molecule has 0 atom stereocenters. The van der Waals surface area contributed by atoms with E-state index in [2.05, 4.69) is 15.8 Å². The number of nitrogens with one attached hydrogen (secondary N) is 2. The molecule has 0 fully saturated rings. The molecule has 3 aromatic carbocycles. The van der Waals surface area contributed by atoms with Crippen molar-refractivity contribution in [3.63, 3.8) is 0 Å². The van der Waals surface area contributed by atoms with Crippen LogP contribution in [0.5, 0.6) is 0 Å². The molecule has 0 aliphatic carbocycles. The van der Waals surface area contributed by atoms with E-state index in [9.17, 15) is 9.59 Å². The van der Waals surface area contributed by atoms with Gasteiger partial charge in [0.05, 0.1) is 21.8 Å². The highest BCUT2D eigenvalue weighted by molar-refractivity contribution is 6.35. The van der Waals surface area contributed by atoms with Crippen molar-refractivity contribution in [3.05, 3.63) is 117 Å². The molecule has 0 spiro atoms. The van der Waals surface area contributed by atoms with E-state index in [0.717, 1.165) is 5.69 Å². The summed E-state index contributed by atoms with van der Waals surface area (Å²) in [6, 6.07) is 22.5. The fraction of sp³-hybridized carbons (Fsp3) is 0.0690. The van der Waals surface area contributed by atoms with E-state index < -0.39 is 11.8 Å². The van der Waals surface area contributed by atoms with Crippen molar-refractivity contribution in [2.75, 3.05) is 19.0 Å². The third kappa shape index (κ3) is 7.29. The maximum Gasteiger partial charge on any atom is 0.287 e. The summed E-state index contributed by atoms with van der Waals surface area (Å²) in [5.74, 6) is -0.326. The van der Waals surface area contributed by atoms with Crippen molar-refractivity contribution in [3.8, 4) is 11.3 Å². The van der Waals surface area contributed by atoms with Gasteiger partial charge in [-0.1, -0.05) is 59.1 Å². The topological polar surface area (TPSA) is 86.9 Å². The van der Waals surface area contributed by atoms with Crippen molar-refractivity contribution in [1.29, 1.82) is 0 Å². The molecule has 7 nitrogen and oxygen atoms in total. The highest BCUT2D eigenvalue weighted by Gasteiger charge is 2.16. The Labute approximate surface area is 240 Å². The normalized spacial score (nSPS) is 11.5. The molecule has 1 heterocycles. The molecular weight excluding hydrogens is 559 g/mol. The molecule has 0 unspecified atom stereocenters. The second kappa shape index (κ2) is 12.7. The van der Waals surface area contributed by atoms with Gasteiger partial charge in [0.15, 0.2) is 0 Å². The van der Waals surface area contributed by atoms with Gasteiger partial charge in [-0.25, -0.2) is 5.43 Å². The molecule has 0 bridgehead atoms. The summed E-state index contributed by atoms with van der Waals surface area (Å²) in [5, 5.41) is 7.88. The first-order chi connectivity index (χ1) is 18.7. The second-order valence-corrected chi connectivity index (χ2v) is 9.75. The van der Waals surface area contributed by atoms with Gasteiger partial charge in [0.25, 0.3) is 11.8 Å². The summed E-state index contributed by atoms with van der Waals surface area (Å²) >= 11 is 18.5. The molecule has 0 saturated heterocycles. The SMILES string of the molecule is CN(C)c1ccc(C=C(NC(=O)c2ccccc2Cl)C(=O)NN=Cc2ccc(-c3cc(Cl)ccc3Cl)o2)cc1. The van der Waals surface area contributed by atoms with E-state index in [0.29, 0.717) is 32.7 Å². The van der Waals surface area contributed by atoms with Crippen LogP contribution in [0.15, 0.2) is 94.1 Å². The molecule has 1 aromatic heterocycles. The Bertz CT molecular complexity index is 1560. The summed E-state index contributed by atoms with van der Waals surface area (Å²) in [6.07, 6.45) is 2.88. The smallest absolute Gasteiger partial charge is 0.287 e. The Morgan fingerprint density at radius 1 is 0.897 bits per heavy atom. The molecular formula is C29H23Cl3N4O3. The van der Waals surface area contributed by atoms with Gasteiger partial charge in [0.2, 0.25) is 0 Å². The molecule has 39 heavy (non-hydrogen) atoms. The lowest BCUT2D eigenvalue weighted by Gasteiger charge is -2.13. The van der Waals surface area contributed by atoms with Crippen LogP contribution < -0.4 is 15.6 Å². The van der Waals surface area contributed by atoms with Crippen LogP contribution in [-0.4, -0.2) is 32.1 Å². The minimum Gasteiger partial charge on any atom is -0.455 e. The van der Waals surface area contributed by atoms with Crippen LogP contribution in [0.1, 0.15) is 21.7 Å². The van der Waals surface area contributed by atoms with Gasteiger partial charge >= 0.3 is 0 Å². The van der Waals surface area contributed by atoms with Crippen LogP contribution in [-0.2, 0) is 4.79 Å². The number of hydrazone groups is 1. The van der Waals surface area contributed by atoms with Crippen molar-refractivity contribution >= 4 is 64.6 Å². The first-order valence-corrected chi connectivity index (χ1v) is 12.8. The van der Waals surface area contributed by atoms with Gasteiger partial charge in [0, 0.05) is 30.4 Å². The summed E-state index contributed by atoms with van der Waals surface area (Å²) in [7, 11) is 3.86. The summed E-state index contributed by atoms with van der Waals surface area (Å²) in [6.45, 7) is 0. The van der Waals surface area contributed by atoms with Crippen LogP contribution in [0, 0.1) is 0 Å². The zero-order chi connectivity index (χ0) is 27.9. The third-order valence-electron chi connectivity index (χ3n) is 5.51. The van der Waals surface area contributed by atoms with Gasteiger partial charge in [-0.3, -0.25) is 9.59 Å². The molecule has 0 aliphatic rings. The highest BCUT2D eigenvalue weighted by atomic mass is 35.5. The van der Waals surface area contributed by atoms with Crippen molar-refractivity contribution in [2.24, 2.45) is 5.10 Å². The maximum absolute atomic E-state index is 13.1. The second-order valence-electron chi connectivity index (χ2n) is 8.50. The number of nitrogens with zero attached hydrogens (tertiary/aromatic N) is 2. The van der Waals surface area contributed by atoms with E-state index in [-0.39, 0.29) is 16.3 Å². The van der Waals surface area contributed by atoms with Gasteiger partial charge in [0.1, 0.15) is 17.2 Å². The average Bonchev–Trinajstić information content (AvgIpc) is 3.38. The Kier molecular flexibility index (Phi) is 9.09. The Morgan fingerprint density at radius 3 is 2.36 bits per heavy atom.